The van der Waals surface area contributed by atoms with E-state index in [0.717, 1.165) is 38.6 Å². The number of nitrogens with one attached hydrogen (secondary N) is 1. The van der Waals surface area contributed by atoms with Gasteiger partial charge in [0.05, 0.1) is 6.42 Å². The van der Waals surface area contributed by atoms with Crippen LogP contribution in [0.3, 0.4) is 0 Å². The number of hydrogen-bond donors (Lipinski definition) is 1. The zero-order valence-electron chi connectivity index (χ0n) is 13.0. The Morgan fingerprint density at radius 1 is 1.25 bits per heavy atom. The van der Waals surface area contributed by atoms with Crippen LogP contribution in [0.25, 0.3) is 10.9 Å². The van der Waals surface area contributed by atoms with E-state index in [-0.39, 0.29) is 11.7 Å². The number of nitrogens with zero attached hydrogens (tertiary/aromatic N) is 1. The van der Waals surface area contributed by atoms with Gasteiger partial charge in [0.2, 0.25) is 5.91 Å². The van der Waals surface area contributed by atoms with Gasteiger partial charge in [-0.2, -0.15) is 0 Å². The lowest BCUT2D eigenvalue weighted by molar-refractivity contribution is -0.131. The summed E-state index contributed by atoms with van der Waals surface area (Å²) in [6.45, 7) is 1.22. The van der Waals surface area contributed by atoms with E-state index in [1.165, 1.54) is 6.07 Å². The molecule has 1 aliphatic heterocycles. The largest absolute Gasteiger partial charge is 0.358 e. The molecule has 0 aliphatic carbocycles. The van der Waals surface area contributed by atoms with Gasteiger partial charge < -0.3 is 9.88 Å². The zero-order valence-corrected chi connectivity index (χ0v) is 14.6. The van der Waals surface area contributed by atoms with Crippen LogP contribution in [0, 0.1) is 5.82 Å². The van der Waals surface area contributed by atoms with Crippen molar-refractivity contribution in [1.29, 1.82) is 0 Å². The standard InChI is InChI=1S/C19H16BrFN2O/c20-16-4-2-1-3-12(16)9-19(24)23-8-7-18-15(11-23)14-10-13(21)5-6-17(14)22-18/h1-6,10,22H,7-9,11H2. The molecule has 0 atom stereocenters. The number of carbonyl (C=O) groups excluding carboxylic acids is 1. The van der Waals surface area contributed by atoms with Gasteiger partial charge in [-0.1, -0.05) is 34.1 Å². The molecule has 122 valence electrons. The first-order valence-corrected chi connectivity index (χ1v) is 8.71. The normalized spacial score (nSPS) is 14.0. The van der Waals surface area contributed by atoms with Crippen molar-refractivity contribution in [1.82, 2.24) is 9.88 Å². The molecule has 0 saturated carbocycles. The smallest absolute Gasteiger partial charge is 0.227 e. The summed E-state index contributed by atoms with van der Waals surface area (Å²) in [4.78, 5) is 17.9. The van der Waals surface area contributed by atoms with Crippen LogP contribution < -0.4 is 0 Å². The topological polar surface area (TPSA) is 36.1 Å². The summed E-state index contributed by atoms with van der Waals surface area (Å²) in [6.07, 6.45) is 1.14. The van der Waals surface area contributed by atoms with Gasteiger partial charge in [0.15, 0.2) is 0 Å². The predicted molar refractivity (Wildman–Crippen MR) is 95.2 cm³/mol. The molecule has 1 N–H and O–H groups in total. The van der Waals surface area contributed by atoms with Crippen LogP contribution >= 0.6 is 15.9 Å². The molecule has 1 aromatic heterocycles. The summed E-state index contributed by atoms with van der Waals surface area (Å²) in [6, 6.07) is 12.5. The van der Waals surface area contributed by atoms with Gasteiger partial charge in [0, 0.05) is 46.1 Å². The summed E-state index contributed by atoms with van der Waals surface area (Å²) in [7, 11) is 0. The molecule has 0 spiro atoms. The van der Waals surface area contributed by atoms with Crippen molar-refractivity contribution in [2.45, 2.75) is 19.4 Å². The van der Waals surface area contributed by atoms with Crippen LogP contribution in [0.1, 0.15) is 16.8 Å². The van der Waals surface area contributed by atoms with E-state index in [4.69, 9.17) is 0 Å². The van der Waals surface area contributed by atoms with E-state index in [0.29, 0.717) is 19.5 Å². The number of hydrogen-bond acceptors (Lipinski definition) is 1. The molecule has 2 aromatic carbocycles. The molecule has 1 aliphatic rings. The number of halogens is 2. The highest BCUT2D eigenvalue weighted by Gasteiger charge is 2.24. The molecule has 5 heteroatoms. The molecule has 3 aromatic rings. The van der Waals surface area contributed by atoms with E-state index in [9.17, 15) is 9.18 Å². The summed E-state index contributed by atoms with van der Waals surface area (Å²) in [5.74, 6) is -0.153. The quantitative estimate of drug-likeness (QED) is 0.703. The van der Waals surface area contributed by atoms with Gasteiger partial charge in [-0.25, -0.2) is 4.39 Å². The van der Waals surface area contributed by atoms with Gasteiger partial charge in [0.1, 0.15) is 5.82 Å². The second kappa shape index (κ2) is 6.06. The summed E-state index contributed by atoms with van der Waals surface area (Å²) in [5.41, 5.74) is 4.07. The average molecular weight is 387 g/mol. The fraction of sp³-hybridized carbons (Fsp3) is 0.211. The summed E-state index contributed by atoms with van der Waals surface area (Å²) >= 11 is 3.49. The molecule has 2 heterocycles. The Kier molecular flexibility index (Phi) is 3.88. The van der Waals surface area contributed by atoms with E-state index < -0.39 is 0 Å². The number of fused-ring (bicyclic) bond motifs is 3. The minimum Gasteiger partial charge on any atom is -0.358 e. The minimum atomic E-state index is -0.249. The van der Waals surface area contributed by atoms with E-state index in [2.05, 4.69) is 20.9 Å². The van der Waals surface area contributed by atoms with Gasteiger partial charge >= 0.3 is 0 Å². The second-order valence-electron chi connectivity index (χ2n) is 6.11. The number of amides is 1. The van der Waals surface area contributed by atoms with Gasteiger partial charge in [-0.05, 0) is 29.8 Å². The van der Waals surface area contributed by atoms with E-state index in [1.807, 2.05) is 29.2 Å². The fourth-order valence-electron chi connectivity index (χ4n) is 3.32. The zero-order chi connectivity index (χ0) is 16.7. The van der Waals surface area contributed by atoms with Crippen LogP contribution in [0.15, 0.2) is 46.9 Å². The highest BCUT2D eigenvalue weighted by molar-refractivity contribution is 9.10. The number of carbonyl (C=O) groups is 1. The molecule has 0 saturated heterocycles. The molecule has 0 bridgehead atoms. The van der Waals surface area contributed by atoms with Crippen LogP contribution in [-0.4, -0.2) is 22.3 Å². The highest BCUT2D eigenvalue weighted by Crippen LogP contribution is 2.29. The van der Waals surface area contributed by atoms with Crippen molar-refractivity contribution in [3.63, 3.8) is 0 Å². The van der Waals surface area contributed by atoms with Crippen molar-refractivity contribution in [3.05, 3.63) is 69.6 Å². The van der Waals surface area contributed by atoms with Crippen LogP contribution in [-0.2, 0) is 24.2 Å². The molecule has 0 fully saturated rings. The van der Waals surface area contributed by atoms with E-state index >= 15 is 0 Å². The first-order chi connectivity index (χ1) is 11.6. The lowest BCUT2D eigenvalue weighted by Crippen LogP contribution is -2.36. The Hall–Kier alpha value is -2.14. The fourth-order valence-corrected chi connectivity index (χ4v) is 3.74. The van der Waals surface area contributed by atoms with Gasteiger partial charge in [0.25, 0.3) is 0 Å². The molecular weight excluding hydrogens is 371 g/mol. The van der Waals surface area contributed by atoms with Crippen LogP contribution in [0.4, 0.5) is 4.39 Å². The van der Waals surface area contributed by atoms with Gasteiger partial charge in [-0.3, -0.25) is 4.79 Å². The predicted octanol–water partition coefficient (Wildman–Crippen LogP) is 4.20. The minimum absolute atomic E-state index is 0.0957. The second-order valence-corrected chi connectivity index (χ2v) is 6.96. The van der Waals surface area contributed by atoms with Crippen molar-refractivity contribution in [2.75, 3.05) is 6.54 Å². The first-order valence-electron chi connectivity index (χ1n) is 7.92. The lowest BCUT2D eigenvalue weighted by atomic mass is 10.0. The third-order valence-electron chi connectivity index (χ3n) is 4.59. The molecule has 1 amide bonds. The maximum absolute atomic E-state index is 13.6. The highest BCUT2D eigenvalue weighted by atomic mass is 79.9. The Morgan fingerprint density at radius 3 is 2.92 bits per heavy atom. The molecule has 4 rings (SSSR count). The van der Waals surface area contributed by atoms with Crippen molar-refractivity contribution in [2.24, 2.45) is 0 Å². The number of aromatic nitrogens is 1. The van der Waals surface area contributed by atoms with Crippen molar-refractivity contribution < 1.29 is 9.18 Å². The Bertz CT molecular complexity index is 934. The Labute approximate surface area is 147 Å². The summed E-state index contributed by atoms with van der Waals surface area (Å²) < 4.78 is 14.5. The maximum Gasteiger partial charge on any atom is 0.227 e. The SMILES string of the molecule is O=C(Cc1ccccc1Br)N1CCc2[nH]c3ccc(F)cc3c2C1. The number of aromatic amines is 1. The molecule has 24 heavy (non-hydrogen) atoms. The average Bonchev–Trinajstić information content (AvgIpc) is 2.94. The summed E-state index contributed by atoms with van der Waals surface area (Å²) in [5, 5.41) is 0.878. The van der Waals surface area contributed by atoms with Gasteiger partial charge in [-0.15, -0.1) is 0 Å². The molecular formula is C19H16BrFN2O. The van der Waals surface area contributed by atoms with Crippen molar-refractivity contribution >= 4 is 32.7 Å². The monoisotopic (exact) mass is 386 g/mol. The van der Waals surface area contributed by atoms with Crippen molar-refractivity contribution in [3.8, 4) is 0 Å². The first kappa shape index (κ1) is 15.4. The van der Waals surface area contributed by atoms with Crippen LogP contribution in [0.5, 0.6) is 0 Å². The molecule has 0 radical (unpaired) electrons. The molecule has 3 nitrogen and oxygen atoms in total. The molecule has 0 unspecified atom stereocenters. The maximum atomic E-state index is 13.6. The van der Waals surface area contributed by atoms with Crippen LogP contribution in [0.2, 0.25) is 0 Å². The lowest BCUT2D eigenvalue weighted by Gasteiger charge is -2.27. The number of rotatable bonds is 2. The Morgan fingerprint density at radius 2 is 2.08 bits per heavy atom. The number of H-pyrrole nitrogens is 1. The third kappa shape index (κ3) is 2.73. The number of benzene rings is 2. The third-order valence-corrected chi connectivity index (χ3v) is 5.36. The van der Waals surface area contributed by atoms with E-state index in [1.54, 1.807) is 12.1 Å². The Balaban J connectivity index is 1.59.